The third-order valence-corrected chi connectivity index (χ3v) is 4.01. The normalized spacial score (nSPS) is 10.3. The van der Waals surface area contributed by atoms with Crippen LogP contribution in [0, 0.1) is 13.8 Å². The number of carbonyl (C=O) groups excluding carboxylic acids is 2. The minimum absolute atomic E-state index is 0.0328. The van der Waals surface area contributed by atoms with Crippen LogP contribution in [0.4, 0.5) is 0 Å². The number of benzene rings is 2. The molecule has 24 heavy (non-hydrogen) atoms. The van der Waals surface area contributed by atoms with Gasteiger partial charge in [0, 0.05) is 17.7 Å². The Morgan fingerprint density at radius 2 is 1.79 bits per heavy atom. The molecule has 1 N–H and O–H groups in total. The lowest BCUT2D eigenvalue weighted by atomic mass is 10.0. The third kappa shape index (κ3) is 4.44. The molecule has 0 aromatic heterocycles. The highest BCUT2D eigenvalue weighted by Crippen LogP contribution is 2.21. The Bertz CT molecular complexity index is 765. The first-order chi connectivity index (χ1) is 11.4. The molecule has 0 fully saturated rings. The first-order valence-corrected chi connectivity index (χ1v) is 7.91. The summed E-state index contributed by atoms with van der Waals surface area (Å²) in [6, 6.07) is 11.3. The zero-order valence-corrected chi connectivity index (χ0v) is 14.6. The molecule has 0 atom stereocenters. The molecule has 4 heteroatoms. The van der Waals surface area contributed by atoms with E-state index in [0.29, 0.717) is 23.4 Å². The highest BCUT2D eigenvalue weighted by Gasteiger charge is 2.11. The zero-order chi connectivity index (χ0) is 17.7. The van der Waals surface area contributed by atoms with Crippen LogP contribution in [-0.2, 0) is 17.8 Å². The van der Waals surface area contributed by atoms with Crippen LogP contribution in [0.1, 0.15) is 39.5 Å². The average Bonchev–Trinajstić information content (AvgIpc) is 2.53. The van der Waals surface area contributed by atoms with Gasteiger partial charge in [0.1, 0.15) is 5.75 Å². The molecule has 0 aliphatic rings. The summed E-state index contributed by atoms with van der Waals surface area (Å²) in [7, 11) is 1.56. The fourth-order valence-corrected chi connectivity index (χ4v) is 2.61. The molecule has 1 amide bonds. The number of nitrogens with one attached hydrogen (secondary N) is 1. The van der Waals surface area contributed by atoms with Crippen LogP contribution in [0.3, 0.4) is 0 Å². The maximum atomic E-state index is 12.3. The van der Waals surface area contributed by atoms with Gasteiger partial charge >= 0.3 is 0 Å². The lowest BCUT2D eigenvalue weighted by molar-refractivity contribution is -0.120. The number of hydrogen-bond donors (Lipinski definition) is 1. The van der Waals surface area contributed by atoms with E-state index in [1.54, 1.807) is 25.3 Å². The molecule has 126 valence electrons. The molecule has 0 saturated heterocycles. The Labute approximate surface area is 142 Å². The number of ether oxygens (including phenoxy) is 1. The van der Waals surface area contributed by atoms with Crippen molar-refractivity contribution in [2.45, 2.75) is 33.7 Å². The predicted octanol–water partition coefficient (Wildman–Crippen LogP) is 3.37. The van der Waals surface area contributed by atoms with E-state index >= 15 is 0 Å². The van der Waals surface area contributed by atoms with Crippen LogP contribution in [0.5, 0.6) is 5.75 Å². The second kappa shape index (κ2) is 7.77. The number of methoxy groups -OCH3 is 1. The lowest BCUT2D eigenvalue weighted by Gasteiger charge is -2.11. The molecule has 0 spiro atoms. The van der Waals surface area contributed by atoms with E-state index in [1.807, 2.05) is 26.0 Å². The van der Waals surface area contributed by atoms with E-state index in [1.165, 1.54) is 12.5 Å². The molecule has 0 unspecified atom stereocenters. The molecule has 0 heterocycles. The molecule has 0 aliphatic carbocycles. The number of amides is 1. The highest BCUT2D eigenvalue weighted by molar-refractivity contribution is 5.94. The summed E-state index contributed by atoms with van der Waals surface area (Å²) in [6.45, 7) is 6.07. The van der Waals surface area contributed by atoms with E-state index in [-0.39, 0.29) is 18.1 Å². The number of ketones is 1. The SMILES string of the molecule is COc1ccc(C(C)=O)cc1CC(=O)NCc1ccc(C)cc1C. The first-order valence-electron chi connectivity index (χ1n) is 7.91. The fraction of sp³-hybridized carbons (Fsp3) is 0.300. The third-order valence-electron chi connectivity index (χ3n) is 4.01. The molecular weight excluding hydrogens is 302 g/mol. The van der Waals surface area contributed by atoms with Crippen molar-refractivity contribution in [3.63, 3.8) is 0 Å². The van der Waals surface area contributed by atoms with Gasteiger partial charge in [0.25, 0.3) is 0 Å². The van der Waals surface area contributed by atoms with Gasteiger partial charge in [-0.2, -0.15) is 0 Å². The molecule has 0 bridgehead atoms. The van der Waals surface area contributed by atoms with Crippen molar-refractivity contribution in [2.75, 3.05) is 7.11 Å². The quantitative estimate of drug-likeness (QED) is 0.829. The van der Waals surface area contributed by atoms with Crippen LogP contribution in [0.15, 0.2) is 36.4 Å². The summed E-state index contributed by atoms with van der Waals surface area (Å²) < 4.78 is 5.28. The molecule has 2 rings (SSSR count). The predicted molar refractivity (Wildman–Crippen MR) is 94.5 cm³/mol. The van der Waals surface area contributed by atoms with Crippen LogP contribution >= 0.6 is 0 Å². The summed E-state index contributed by atoms with van der Waals surface area (Å²) >= 11 is 0. The summed E-state index contributed by atoms with van der Waals surface area (Å²) in [6.07, 6.45) is 0.176. The van der Waals surface area contributed by atoms with Gasteiger partial charge in [-0.05, 0) is 50.1 Å². The van der Waals surface area contributed by atoms with Gasteiger partial charge in [0.15, 0.2) is 5.78 Å². The van der Waals surface area contributed by atoms with Gasteiger partial charge in [0.05, 0.1) is 13.5 Å². The van der Waals surface area contributed by atoms with Gasteiger partial charge in [-0.15, -0.1) is 0 Å². The molecule has 0 radical (unpaired) electrons. The van der Waals surface area contributed by atoms with E-state index in [0.717, 1.165) is 11.1 Å². The number of rotatable bonds is 6. The number of aryl methyl sites for hydroxylation is 2. The number of hydrogen-bond acceptors (Lipinski definition) is 3. The topological polar surface area (TPSA) is 55.4 Å². The van der Waals surface area contributed by atoms with Crippen molar-refractivity contribution >= 4 is 11.7 Å². The van der Waals surface area contributed by atoms with Crippen molar-refractivity contribution in [3.05, 3.63) is 64.2 Å². The Morgan fingerprint density at radius 3 is 2.42 bits per heavy atom. The van der Waals surface area contributed by atoms with Crippen LogP contribution in [0.25, 0.3) is 0 Å². The Morgan fingerprint density at radius 1 is 1.04 bits per heavy atom. The summed E-state index contributed by atoms with van der Waals surface area (Å²) in [5, 5.41) is 2.93. The van der Waals surface area contributed by atoms with Crippen molar-refractivity contribution < 1.29 is 14.3 Å². The minimum atomic E-state index is -0.103. The molecule has 2 aromatic rings. The lowest BCUT2D eigenvalue weighted by Crippen LogP contribution is -2.25. The van der Waals surface area contributed by atoms with E-state index in [4.69, 9.17) is 4.74 Å². The van der Waals surface area contributed by atoms with Crippen LogP contribution < -0.4 is 10.1 Å². The van der Waals surface area contributed by atoms with Crippen LogP contribution in [0.2, 0.25) is 0 Å². The monoisotopic (exact) mass is 325 g/mol. The first kappa shape index (κ1) is 17.7. The van der Waals surface area contributed by atoms with Gasteiger partial charge in [0.2, 0.25) is 5.91 Å². The van der Waals surface area contributed by atoms with Crippen LogP contribution in [-0.4, -0.2) is 18.8 Å². The van der Waals surface area contributed by atoms with E-state index in [9.17, 15) is 9.59 Å². The standard InChI is InChI=1S/C20H23NO3/c1-13-5-6-17(14(2)9-13)12-21-20(23)11-18-10-16(15(3)22)7-8-19(18)24-4/h5-10H,11-12H2,1-4H3,(H,21,23). The molecule has 2 aromatic carbocycles. The Hall–Kier alpha value is -2.62. The minimum Gasteiger partial charge on any atom is -0.496 e. The summed E-state index contributed by atoms with van der Waals surface area (Å²) in [4.78, 5) is 23.8. The van der Waals surface area contributed by atoms with Gasteiger partial charge in [-0.1, -0.05) is 23.8 Å². The highest BCUT2D eigenvalue weighted by atomic mass is 16.5. The summed E-state index contributed by atoms with van der Waals surface area (Å²) in [5.41, 5.74) is 4.74. The van der Waals surface area contributed by atoms with Gasteiger partial charge in [-0.25, -0.2) is 0 Å². The molecule has 0 aliphatic heterocycles. The van der Waals surface area contributed by atoms with Crippen molar-refractivity contribution in [3.8, 4) is 5.75 Å². The second-order valence-corrected chi connectivity index (χ2v) is 5.97. The fourth-order valence-electron chi connectivity index (χ4n) is 2.61. The average molecular weight is 325 g/mol. The Balaban J connectivity index is 2.06. The second-order valence-electron chi connectivity index (χ2n) is 5.97. The largest absolute Gasteiger partial charge is 0.496 e. The van der Waals surface area contributed by atoms with E-state index < -0.39 is 0 Å². The number of carbonyl (C=O) groups is 2. The van der Waals surface area contributed by atoms with Gasteiger partial charge < -0.3 is 10.1 Å². The van der Waals surface area contributed by atoms with Crippen molar-refractivity contribution in [1.82, 2.24) is 5.32 Å². The maximum absolute atomic E-state index is 12.3. The van der Waals surface area contributed by atoms with Crippen molar-refractivity contribution in [2.24, 2.45) is 0 Å². The summed E-state index contributed by atoms with van der Waals surface area (Å²) in [5.74, 6) is 0.477. The smallest absolute Gasteiger partial charge is 0.224 e. The molecule has 4 nitrogen and oxygen atoms in total. The van der Waals surface area contributed by atoms with E-state index in [2.05, 4.69) is 11.4 Å². The molecular formula is C20H23NO3. The molecule has 0 saturated carbocycles. The Kier molecular flexibility index (Phi) is 5.74. The van der Waals surface area contributed by atoms with Crippen molar-refractivity contribution in [1.29, 1.82) is 0 Å². The van der Waals surface area contributed by atoms with Gasteiger partial charge in [-0.3, -0.25) is 9.59 Å². The maximum Gasteiger partial charge on any atom is 0.224 e. The zero-order valence-electron chi connectivity index (χ0n) is 14.6. The number of Topliss-reactive ketones (excluding diaryl/α,β-unsaturated/α-hetero) is 1.